The third kappa shape index (κ3) is 3.66. The molecule has 2 aromatic rings. The van der Waals surface area contributed by atoms with Crippen molar-refractivity contribution in [2.75, 3.05) is 0 Å². The second-order valence-electron chi connectivity index (χ2n) is 5.00. The predicted octanol–water partition coefficient (Wildman–Crippen LogP) is 3.30. The minimum Gasteiger partial charge on any atom is -0.271 e. The van der Waals surface area contributed by atoms with Gasteiger partial charge in [-0.1, -0.05) is 61.0 Å². The minimum absolute atomic E-state index is 0.160. The van der Waals surface area contributed by atoms with Gasteiger partial charge in [-0.15, -0.1) is 0 Å². The Kier molecular flexibility index (Phi) is 4.72. The quantitative estimate of drug-likeness (QED) is 0.634. The molecule has 100 valence electrons. The summed E-state index contributed by atoms with van der Waals surface area (Å²) in [7, 11) is 0. The summed E-state index contributed by atoms with van der Waals surface area (Å²) in [6.07, 6.45) is 1.99. The Morgan fingerprint density at radius 3 is 2.05 bits per heavy atom. The van der Waals surface area contributed by atoms with Crippen molar-refractivity contribution < 1.29 is 0 Å². The third-order valence-electron chi connectivity index (χ3n) is 3.55. The van der Waals surface area contributed by atoms with Crippen molar-refractivity contribution in [2.45, 2.75) is 32.7 Å². The lowest BCUT2D eigenvalue weighted by atomic mass is 9.98. The van der Waals surface area contributed by atoms with Crippen LogP contribution in [0.2, 0.25) is 0 Å². The average molecular weight is 254 g/mol. The molecule has 0 bridgehead atoms. The molecular formula is C17H22N2. The van der Waals surface area contributed by atoms with Gasteiger partial charge >= 0.3 is 0 Å². The van der Waals surface area contributed by atoms with E-state index in [2.05, 4.69) is 67.8 Å². The predicted molar refractivity (Wildman–Crippen MR) is 80.8 cm³/mol. The average Bonchev–Trinajstić information content (AvgIpc) is 2.46. The van der Waals surface area contributed by atoms with Crippen LogP contribution in [0.15, 0.2) is 48.5 Å². The molecule has 0 heterocycles. The molecule has 0 aromatic heterocycles. The van der Waals surface area contributed by atoms with Gasteiger partial charge in [-0.05, 0) is 36.5 Å². The van der Waals surface area contributed by atoms with Crippen LogP contribution in [0, 0.1) is 6.92 Å². The molecule has 19 heavy (non-hydrogen) atoms. The molecular weight excluding hydrogens is 232 g/mol. The maximum atomic E-state index is 5.70. The second-order valence-corrected chi connectivity index (χ2v) is 5.00. The lowest BCUT2D eigenvalue weighted by Gasteiger charge is -2.17. The molecule has 3 N–H and O–H groups in total. The van der Waals surface area contributed by atoms with Gasteiger partial charge in [-0.25, -0.2) is 0 Å². The smallest absolute Gasteiger partial charge is 0.0500 e. The molecule has 0 aliphatic rings. The fourth-order valence-electron chi connectivity index (χ4n) is 2.22. The van der Waals surface area contributed by atoms with E-state index in [0.29, 0.717) is 0 Å². The zero-order valence-electron chi connectivity index (χ0n) is 11.7. The fourth-order valence-corrected chi connectivity index (χ4v) is 2.22. The number of nitrogens with one attached hydrogen (secondary N) is 1. The van der Waals surface area contributed by atoms with Crippen LogP contribution in [0.4, 0.5) is 0 Å². The standard InChI is InChI=1S/C17H22N2/c1-3-14-6-8-15(9-7-14)12-17(19-18)16-10-4-13(2)5-11-16/h4-11,17,19H,3,12,18H2,1-2H3. The van der Waals surface area contributed by atoms with Crippen molar-refractivity contribution >= 4 is 0 Å². The molecule has 1 unspecified atom stereocenters. The number of hydrogen-bond donors (Lipinski definition) is 2. The van der Waals surface area contributed by atoms with Crippen molar-refractivity contribution in [1.29, 1.82) is 0 Å². The maximum Gasteiger partial charge on any atom is 0.0500 e. The number of hydrazine groups is 1. The molecule has 0 amide bonds. The van der Waals surface area contributed by atoms with Crippen LogP contribution >= 0.6 is 0 Å². The minimum atomic E-state index is 0.160. The monoisotopic (exact) mass is 254 g/mol. The fraction of sp³-hybridized carbons (Fsp3) is 0.294. The summed E-state index contributed by atoms with van der Waals surface area (Å²) in [5.41, 5.74) is 8.09. The van der Waals surface area contributed by atoms with Gasteiger partial charge < -0.3 is 0 Å². The van der Waals surface area contributed by atoms with Gasteiger partial charge in [0, 0.05) is 6.04 Å². The van der Waals surface area contributed by atoms with Gasteiger partial charge in [0.25, 0.3) is 0 Å². The highest BCUT2D eigenvalue weighted by Gasteiger charge is 2.10. The largest absolute Gasteiger partial charge is 0.271 e. The van der Waals surface area contributed by atoms with E-state index >= 15 is 0 Å². The van der Waals surface area contributed by atoms with Crippen molar-refractivity contribution in [3.05, 3.63) is 70.8 Å². The zero-order chi connectivity index (χ0) is 13.7. The van der Waals surface area contributed by atoms with E-state index in [4.69, 9.17) is 5.84 Å². The number of benzene rings is 2. The Hall–Kier alpha value is -1.64. The van der Waals surface area contributed by atoms with Crippen molar-refractivity contribution in [2.24, 2.45) is 5.84 Å². The van der Waals surface area contributed by atoms with Crippen molar-refractivity contribution in [3.63, 3.8) is 0 Å². The molecule has 0 fully saturated rings. The van der Waals surface area contributed by atoms with E-state index in [-0.39, 0.29) is 6.04 Å². The van der Waals surface area contributed by atoms with Crippen molar-refractivity contribution in [3.8, 4) is 0 Å². The molecule has 0 saturated carbocycles. The first-order valence-corrected chi connectivity index (χ1v) is 6.83. The molecule has 2 heteroatoms. The van der Waals surface area contributed by atoms with Gasteiger partial charge in [0.15, 0.2) is 0 Å². The summed E-state index contributed by atoms with van der Waals surface area (Å²) >= 11 is 0. The first kappa shape index (κ1) is 13.8. The van der Waals surface area contributed by atoms with Crippen LogP contribution in [-0.4, -0.2) is 0 Å². The van der Waals surface area contributed by atoms with Crippen LogP contribution < -0.4 is 11.3 Å². The number of aryl methyl sites for hydroxylation is 2. The Bertz CT molecular complexity index is 500. The Balaban J connectivity index is 2.11. The van der Waals surface area contributed by atoms with Crippen LogP contribution in [-0.2, 0) is 12.8 Å². The van der Waals surface area contributed by atoms with Crippen LogP contribution in [0.25, 0.3) is 0 Å². The van der Waals surface area contributed by atoms with E-state index in [0.717, 1.165) is 12.8 Å². The van der Waals surface area contributed by atoms with E-state index in [1.165, 1.54) is 22.3 Å². The van der Waals surface area contributed by atoms with Crippen LogP contribution in [0.1, 0.15) is 35.2 Å². The van der Waals surface area contributed by atoms with Crippen molar-refractivity contribution in [1.82, 2.24) is 5.43 Å². The highest BCUT2D eigenvalue weighted by Crippen LogP contribution is 2.18. The summed E-state index contributed by atoms with van der Waals surface area (Å²) in [4.78, 5) is 0. The SMILES string of the molecule is CCc1ccc(CC(NN)c2ccc(C)cc2)cc1. The van der Waals surface area contributed by atoms with Gasteiger partial charge in [0.1, 0.15) is 0 Å². The first-order valence-electron chi connectivity index (χ1n) is 6.83. The lowest BCUT2D eigenvalue weighted by Crippen LogP contribution is -2.29. The van der Waals surface area contributed by atoms with Gasteiger partial charge in [-0.2, -0.15) is 0 Å². The molecule has 0 spiro atoms. The maximum absolute atomic E-state index is 5.70. The van der Waals surface area contributed by atoms with Gasteiger partial charge in [-0.3, -0.25) is 11.3 Å². The summed E-state index contributed by atoms with van der Waals surface area (Å²) in [5, 5.41) is 0. The summed E-state index contributed by atoms with van der Waals surface area (Å²) in [6.45, 7) is 4.27. The van der Waals surface area contributed by atoms with E-state index in [1.54, 1.807) is 0 Å². The zero-order valence-corrected chi connectivity index (χ0v) is 11.7. The number of nitrogens with two attached hydrogens (primary N) is 1. The van der Waals surface area contributed by atoms with Gasteiger partial charge in [0.05, 0.1) is 0 Å². The Morgan fingerprint density at radius 2 is 1.53 bits per heavy atom. The first-order chi connectivity index (χ1) is 9.22. The molecule has 0 saturated heterocycles. The molecule has 0 aliphatic carbocycles. The van der Waals surface area contributed by atoms with E-state index in [1.807, 2.05) is 0 Å². The van der Waals surface area contributed by atoms with Crippen LogP contribution in [0.3, 0.4) is 0 Å². The van der Waals surface area contributed by atoms with E-state index in [9.17, 15) is 0 Å². The molecule has 0 aliphatic heterocycles. The highest BCUT2D eigenvalue weighted by molar-refractivity contribution is 5.28. The molecule has 0 radical (unpaired) electrons. The summed E-state index contributed by atoms with van der Waals surface area (Å²) in [5.74, 6) is 5.70. The van der Waals surface area contributed by atoms with Gasteiger partial charge in [0.2, 0.25) is 0 Å². The molecule has 2 aromatic carbocycles. The molecule has 2 rings (SSSR count). The normalized spacial score (nSPS) is 12.4. The second kappa shape index (κ2) is 6.50. The number of hydrogen-bond acceptors (Lipinski definition) is 2. The number of rotatable bonds is 5. The molecule has 2 nitrogen and oxygen atoms in total. The summed E-state index contributed by atoms with van der Waals surface area (Å²) in [6, 6.07) is 17.5. The molecule has 1 atom stereocenters. The topological polar surface area (TPSA) is 38.0 Å². The Morgan fingerprint density at radius 1 is 0.947 bits per heavy atom. The summed E-state index contributed by atoms with van der Waals surface area (Å²) < 4.78 is 0. The lowest BCUT2D eigenvalue weighted by molar-refractivity contribution is 0.552. The Labute approximate surface area is 115 Å². The van der Waals surface area contributed by atoms with E-state index < -0.39 is 0 Å². The van der Waals surface area contributed by atoms with Crippen LogP contribution in [0.5, 0.6) is 0 Å². The highest BCUT2D eigenvalue weighted by atomic mass is 15.2. The third-order valence-corrected chi connectivity index (χ3v) is 3.55.